The number of hydrogen-bond acceptors (Lipinski definition) is 3. The molecule has 0 aromatic carbocycles. The lowest BCUT2D eigenvalue weighted by Gasteiger charge is -2.32. The third-order valence-corrected chi connectivity index (χ3v) is 4.11. The molecule has 0 bridgehead atoms. The highest BCUT2D eigenvalue weighted by Gasteiger charge is 2.22. The van der Waals surface area contributed by atoms with Gasteiger partial charge >= 0.3 is 6.03 Å². The summed E-state index contributed by atoms with van der Waals surface area (Å²) < 4.78 is 0. The molecule has 0 saturated carbocycles. The van der Waals surface area contributed by atoms with Crippen LogP contribution in [-0.4, -0.2) is 59.5 Å². The maximum absolute atomic E-state index is 12.2. The van der Waals surface area contributed by atoms with Crippen LogP contribution in [0.2, 0.25) is 0 Å². The molecule has 126 valence electrons. The van der Waals surface area contributed by atoms with Gasteiger partial charge in [-0.15, -0.1) is 0 Å². The van der Waals surface area contributed by atoms with E-state index in [2.05, 4.69) is 11.4 Å². The predicted octanol–water partition coefficient (Wildman–Crippen LogP) is 1.32. The van der Waals surface area contributed by atoms with Crippen LogP contribution in [0.3, 0.4) is 0 Å². The number of nitrogens with one attached hydrogen (secondary N) is 1. The van der Waals surface area contributed by atoms with E-state index in [9.17, 15) is 9.59 Å². The molecule has 0 fully saturated rings. The number of carbonyl (C=O) groups is 2. The molecule has 0 saturated heterocycles. The molecule has 6 heteroatoms. The molecule has 1 aliphatic rings. The van der Waals surface area contributed by atoms with Crippen LogP contribution in [0.1, 0.15) is 41.0 Å². The van der Waals surface area contributed by atoms with Crippen LogP contribution in [0.5, 0.6) is 0 Å². The second-order valence-electron chi connectivity index (χ2n) is 6.44. The Morgan fingerprint density at radius 2 is 1.86 bits per heavy atom. The Labute approximate surface area is 133 Å². The van der Waals surface area contributed by atoms with Gasteiger partial charge in [0.25, 0.3) is 0 Å². The molecule has 3 N–H and O–H groups in total. The van der Waals surface area contributed by atoms with Crippen molar-refractivity contribution in [2.45, 2.75) is 59.2 Å². The number of carbonyl (C=O) groups excluding carboxylic acids is 2. The normalized spacial score (nSPS) is 17.3. The summed E-state index contributed by atoms with van der Waals surface area (Å²) in [5.41, 5.74) is 6.53. The molecule has 0 unspecified atom stereocenters. The van der Waals surface area contributed by atoms with E-state index in [4.69, 9.17) is 5.73 Å². The fraction of sp³-hybridized carbons (Fsp3) is 0.750. The van der Waals surface area contributed by atoms with E-state index < -0.39 is 0 Å². The Balaban J connectivity index is 2.49. The molecule has 1 rings (SSSR count). The zero-order chi connectivity index (χ0) is 16.9. The SMILES string of the molecule is CC(C)N(C(=O)NCC1=CCN([C@H](C)C(N)=O)CC1)C(C)C. The van der Waals surface area contributed by atoms with E-state index in [-0.39, 0.29) is 30.1 Å². The minimum atomic E-state index is -0.297. The van der Waals surface area contributed by atoms with Gasteiger partial charge in [-0.25, -0.2) is 4.79 Å². The van der Waals surface area contributed by atoms with Gasteiger partial charge < -0.3 is 16.0 Å². The molecule has 3 amide bonds. The number of hydrogen-bond donors (Lipinski definition) is 2. The van der Waals surface area contributed by atoms with Gasteiger partial charge in [0, 0.05) is 31.7 Å². The summed E-state index contributed by atoms with van der Waals surface area (Å²) in [4.78, 5) is 27.3. The number of urea groups is 1. The van der Waals surface area contributed by atoms with Crippen molar-refractivity contribution in [2.24, 2.45) is 5.73 Å². The van der Waals surface area contributed by atoms with Crippen molar-refractivity contribution >= 4 is 11.9 Å². The smallest absolute Gasteiger partial charge is 0.318 e. The van der Waals surface area contributed by atoms with Crippen LogP contribution in [0.15, 0.2) is 11.6 Å². The summed E-state index contributed by atoms with van der Waals surface area (Å²) in [5, 5.41) is 2.99. The minimum absolute atomic E-state index is 0.0289. The van der Waals surface area contributed by atoms with Crippen molar-refractivity contribution in [1.29, 1.82) is 0 Å². The van der Waals surface area contributed by atoms with Crippen LogP contribution >= 0.6 is 0 Å². The monoisotopic (exact) mass is 310 g/mol. The first-order chi connectivity index (χ1) is 10.2. The molecule has 1 atom stereocenters. The fourth-order valence-corrected chi connectivity index (χ4v) is 2.76. The largest absolute Gasteiger partial charge is 0.368 e. The summed E-state index contributed by atoms with van der Waals surface area (Å²) in [6.45, 7) is 12.0. The van der Waals surface area contributed by atoms with E-state index in [0.29, 0.717) is 13.1 Å². The van der Waals surface area contributed by atoms with Crippen molar-refractivity contribution in [2.75, 3.05) is 19.6 Å². The van der Waals surface area contributed by atoms with Gasteiger partial charge in [-0.1, -0.05) is 11.6 Å². The molecule has 1 heterocycles. The molecule has 0 radical (unpaired) electrons. The molecule has 0 aromatic rings. The van der Waals surface area contributed by atoms with Gasteiger partial charge in [0.05, 0.1) is 6.04 Å². The van der Waals surface area contributed by atoms with Gasteiger partial charge in [0.2, 0.25) is 5.91 Å². The van der Waals surface area contributed by atoms with Crippen LogP contribution in [0.25, 0.3) is 0 Å². The van der Waals surface area contributed by atoms with Gasteiger partial charge in [-0.3, -0.25) is 9.69 Å². The first kappa shape index (κ1) is 18.5. The Bertz CT molecular complexity index is 424. The molecule has 0 aromatic heterocycles. The third-order valence-electron chi connectivity index (χ3n) is 4.11. The predicted molar refractivity (Wildman–Crippen MR) is 88.4 cm³/mol. The van der Waals surface area contributed by atoms with Crippen LogP contribution in [0, 0.1) is 0 Å². The van der Waals surface area contributed by atoms with E-state index in [1.54, 1.807) is 0 Å². The molecule has 22 heavy (non-hydrogen) atoms. The molecule has 1 aliphatic heterocycles. The summed E-state index contributed by atoms with van der Waals surface area (Å²) >= 11 is 0. The second-order valence-corrected chi connectivity index (χ2v) is 6.44. The number of rotatable bonds is 6. The number of nitrogens with two attached hydrogens (primary N) is 1. The molecule has 0 spiro atoms. The lowest BCUT2D eigenvalue weighted by molar-refractivity contribution is -0.122. The van der Waals surface area contributed by atoms with Gasteiger partial charge in [0.15, 0.2) is 0 Å². The maximum atomic E-state index is 12.2. The van der Waals surface area contributed by atoms with Crippen LogP contribution < -0.4 is 11.1 Å². The van der Waals surface area contributed by atoms with Gasteiger partial charge in [0.1, 0.15) is 0 Å². The number of nitrogens with zero attached hydrogens (tertiary/aromatic N) is 2. The Morgan fingerprint density at radius 3 is 2.27 bits per heavy atom. The van der Waals surface area contributed by atoms with E-state index in [0.717, 1.165) is 13.0 Å². The summed E-state index contributed by atoms with van der Waals surface area (Å²) in [7, 11) is 0. The highest BCUT2D eigenvalue weighted by Crippen LogP contribution is 2.13. The maximum Gasteiger partial charge on any atom is 0.318 e. The fourth-order valence-electron chi connectivity index (χ4n) is 2.76. The summed E-state index contributed by atoms with van der Waals surface area (Å²) in [6.07, 6.45) is 2.93. The minimum Gasteiger partial charge on any atom is -0.368 e. The van der Waals surface area contributed by atoms with Crippen molar-refractivity contribution in [3.8, 4) is 0 Å². The highest BCUT2D eigenvalue weighted by molar-refractivity contribution is 5.79. The highest BCUT2D eigenvalue weighted by atomic mass is 16.2. The first-order valence-electron chi connectivity index (χ1n) is 8.01. The Kier molecular flexibility index (Phi) is 6.87. The summed E-state index contributed by atoms with van der Waals surface area (Å²) in [6, 6.07) is 0.0723. The summed E-state index contributed by atoms with van der Waals surface area (Å²) in [5.74, 6) is -0.297. The second kappa shape index (κ2) is 8.17. The van der Waals surface area contributed by atoms with Crippen LogP contribution in [0.4, 0.5) is 4.79 Å². The third kappa shape index (κ3) is 5.02. The van der Waals surface area contributed by atoms with E-state index in [1.165, 1.54) is 5.57 Å². The van der Waals surface area contributed by atoms with E-state index in [1.807, 2.05) is 44.4 Å². The number of primary amides is 1. The van der Waals surface area contributed by atoms with E-state index >= 15 is 0 Å². The Hall–Kier alpha value is -1.56. The van der Waals surface area contributed by atoms with Crippen LogP contribution in [-0.2, 0) is 4.79 Å². The average Bonchev–Trinajstić information content (AvgIpc) is 2.44. The number of amides is 3. The Morgan fingerprint density at radius 1 is 1.27 bits per heavy atom. The van der Waals surface area contributed by atoms with Gasteiger partial charge in [-0.05, 0) is 41.0 Å². The zero-order valence-corrected chi connectivity index (χ0v) is 14.4. The van der Waals surface area contributed by atoms with Crippen molar-refractivity contribution in [3.63, 3.8) is 0 Å². The standard InChI is InChI=1S/C16H30N4O2/c1-11(2)20(12(3)4)16(22)18-10-14-6-8-19(9-7-14)13(5)15(17)21/h6,11-13H,7-10H2,1-5H3,(H2,17,21)(H,18,22)/t13-/m1/s1. The molecule has 0 aliphatic carbocycles. The lowest BCUT2D eigenvalue weighted by atomic mass is 10.1. The van der Waals surface area contributed by atoms with Gasteiger partial charge in [-0.2, -0.15) is 0 Å². The van der Waals surface area contributed by atoms with Crippen molar-refractivity contribution in [3.05, 3.63) is 11.6 Å². The molecular formula is C16H30N4O2. The average molecular weight is 310 g/mol. The molecule has 6 nitrogen and oxygen atoms in total. The quantitative estimate of drug-likeness (QED) is 0.726. The topological polar surface area (TPSA) is 78.7 Å². The lowest BCUT2D eigenvalue weighted by Crippen LogP contribution is -2.49. The molecular weight excluding hydrogens is 280 g/mol. The van der Waals surface area contributed by atoms with Crippen molar-refractivity contribution in [1.82, 2.24) is 15.1 Å². The first-order valence-corrected chi connectivity index (χ1v) is 8.01. The van der Waals surface area contributed by atoms with Crippen molar-refractivity contribution < 1.29 is 9.59 Å². The zero-order valence-electron chi connectivity index (χ0n) is 14.4.